The lowest BCUT2D eigenvalue weighted by molar-refractivity contribution is -0.123. The number of carbonyl (C=O) groups excluding carboxylic acids is 1. The molecule has 2 aromatic rings. The van der Waals surface area contributed by atoms with E-state index in [0.29, 0.717) is 0 Å². The van der Waals surface area contributed by atoms with Crippen molar-refractivity contribution in [3.63, 3.8) is 0 Å². The van der Waals surface area contributed by atoms with E-state index in [1.165, 1.54) is 36.0 Å². The largest absolute Gasteiger partial charge is 0.484 e. The third kappa shape index (κ3) is 4.92. The molecule has 144 valence electrons. The molecule has 0 heterocycles. The van der Waals surface area contributed by atoms with E-state index in [4.69, 9.17) is 4.74 Å². The summed E-state index contributed by atoms with van der Waals surface area (Å²) >= 11 is 3.55. The highest BCUT2D eigenvalue weighted by Gasteiger charge is 2.16. The lowest BCUT2D eigenvalue weighted by atomic mass is 9.89. The molecule has 1 aliphatic carbocycles. The standard InChI is InChI=1S/C23H28BrNO2/c1-4-21(19-10-9-17-7-5-6-8-18(17)13-19)25-22(26)14-27-20-11-15(2)23(24)16(3)12-20/h9-13,21H,4-8,14H2,1-3H3,(H,25,26)/t21-/m1/s1. The Kier molecular flexibility index (Phi) is 6.59. The van der Waals surface area contributed by atoms with Crippen molar-refractivity contribution in [3.8, 4) is 5.75 Å². The number of halogens is 1. The van der Waals surface area contributed by atoms with Crippen LogP contribution >= 0.6 is 15.9 Å². The van der Waals surface area contributed by atoms with Crippen molar-refractivity contribution in [1.82, 2.24) is 5.32 Å². The van der Waals surface area contributed by atoms with Crippen LogP contribution in [-0.4, -0.2) is 12.5 Å². The molecular weight excluding hydrogens is 402 g/mol. The second-order valence-corrected chi connectivity index (χ2v) is 8.22. The van der Waals surface area contributed by atoms with Crippen LogP contribution in [0.5, 0.6) is 5.75 Å². The number of hydrogen-bond acceptors (Lipinski definition) is 2. The molecule has 0 aliphatic heterocycles. The van der Waals surface area contributed by atoms with Crippen LogP contribution < -0.4 is 10.1 Å². The lowest BCUT2D eigenvalue weighted by Crippen LogP contribution is -2.32. The highest BCUT2D eigenvalue weighted by Crippen LogP contribution is 2.27. The van der Waals surface area contributed by atoms with Gasteiger partial charge in [-0.05, 0) is 85.9 Å². The van der Waals surface area contributed by atoms with Crippen LogP contribution in [0.4, 0.5) is 0 Å². The number of rotatable bonds is 6. The predicted octanol–water partition coefficient (Wildman–Crippen LogP) is 5.59. The number of carbonyl (C=O) groups is 1. The molecule has 0 radical (unpaired) electrons. The Balaban J connectivity index is 1.62. The number of aryl methyl sites for hydroxylation is 4. The molecule has 0 saturated heterocycles. The maximum atomic E-state index is 12.4. The molecule has 3 rings (SSSR count). The molecule has 1 atom stereocenters. The van der Waals surface area contributed by atoms with Gasteiger partial charge in [0.2, 0.25) is 0 Å². The van der Waals surface area contributed by atoms with Gasteiger partial charge in [-0.15, -0.1) is 0 Å². The fourth-order valence-electron chi connectivity index (χ4n) is 3.77. The van der Waals surface area contributed by atoms with Gasteiger partial charge in [0, 0.05) is 4.47 Å². The van der Waals surface area contributed by atoms with E-state index in [1.807, 2.05) is 26.0 Å². The molecule has 1 N–H and O–H groups in total. The molecule has 0 bridgehead atoms. The van der Waals surface area contributed by atoms with Crippen molar-refractivity contribution in [2.45, 2.75) is 58.9 Å². The van der Waals surface area contributed by atoms with E-state index in [0.717, 1.165) is 34.2 Å². The van der Waals surface area contributed by atoms with Gasteiger partial charge in [0.25, 0.3) is 5.91 Å². The minimum atomic E-state index is -0.0854. The molecule has 1 aliphatic rings. The Morgan fingerprint density at radius 3 is 2.44 bits per heavy atom. The Bertz CT molecular complexity index is 808. The van der Waals surface area contributed by atoms with E-state index < -0.39 is 0 Å². The Morgan fingerprint density at radius 1 is 1.11 bits per heavy atom. The van der Waals surface area contributed by atoms with Gasteiger partial charge in [-0.2, -0.15) is 0 Å². The van der Waals surface area contributed by atoms with Gasteiger partial charge in [0.15, 0.2) is 6.61 Å². The van der Waals surface area contributed by atoms with E-state index in [2.05, 4.69) is 46.4 Å². The van der Waals surface area contributed by atoms with Crippen molar-refractivity contribution in [2.24, 2.45) is 0 Å². The fourth-order valence-corrected chi connectivity index (χ4v) is 3.99. The smallest absolute Gasteiger partial charge is 0.258 e. The normalized spacial score (nSPS) is 14.4. The summed E-state index contributed by atoms with van der Waals surface area (Å²) in [6, 6.07) is 10.6. The van der Waals surface area contributed by atoms with Crippen LogP contribution in [-0.2, 0) is 17.6 Å². The third-order valence-electron chi connectivity index (χ3n) is 5.30. The summed E-state index contributed by atoms with van der Waals surface area (Å²) in [4.78, 5) is 12.4. The monoisotopic (exact) mass is 429 g/mol. The van der Waals surface area contributed by atoms with Crippen LogP contribution in [0.1, 0.15) is 60.0 Å². The van der Waals surface area contributed by atoms with Crippen LogP contribution in [0.25, 0.3) is 0 Å². The second kappa shape index (κ2) is 8.92. The maximum absolute atomic E-state index is 12.4. The maximum Gasteiger partial charge on any atom is 0.258 e. The first-order chi connectivity index (χ1) is 13.0. The number of benzene rings is 2. The van der Waals surface area contributed by atoms with E-state index >= 15 is 0 Å². The first-order valence-corrected chi connectivity index (χ1v) is 10.6. The molecule has 2 aromatic carbocycles. The average Bonchev–Trinajstić information content (AvgIpc) is 2.68. The molecule has 0 saturated carbocycles. The molecule has 1 amide bonds. The minimum Gasteiger partial charge on any atom is -0.484 e. The predicted molar refractivity (Wildman–Crippen MR) is 113 cm³/mol. The van der Waals surface area contributed by atoms with E-state index in [1.54, 1.807) is 0 Å². The Morgan fingerprint density at radius 2 is 1.78 bits per heavy atom. The summed E-state index contributed by atoms with van der Waals surface area (Å²) in [5.74, 6) is 0.642. The molecule has 0 spiro atoms. The molecule has 0 fully saturated rings. The third-order valence-corrected chi connectivity index (χ3v) is 6.55. The zero-order valence-electron chi connectivity index (χ0n) is 16.4. The SMILES string of the molecule is CC[C@@H](NC(=O)COc1cc(C)c(Br)c(C)c1)c1ccc2c(c1)CCCC2. The lowest BCUT2D eigenvalue weighted by Gasteiger charge is -2.22. The number of amides is 1. The number of hydrogen-bond donors (Lipinski definition) is 1. The Hall–Kier alpha value is -1.81. The van der Waals surface area contributed by atoms with Gasteiger partial charge in [-0.25, -0.2) is 0 Å². The molecule has 0 unspecified atom stereocenters. The molecule has 3 nitrogen and oxygen atoms in total. The molecular formula is C23H28BrNO2. The van der Waals surface area contributed by atoms with Gasteiger partial charge in [0.1, 0.15) is 5.75 Å². The minimum absolute atomic E-state index is 0.0294. The average molecular weight is 430 g/mol. The number of ether oxygens (including phenoxy) is 1. The van der Waals surface area contributed by atoms with Gasteiger partial charge in [-0.3, -0.25) is 4.79 Å². The molecule has 4 heteroatoms. The van der Waals surface area contributed by atoms with E-state index in [-0.39, 0.29) is 18.6 Å². The highest BCUT2D eigenvalue weighted by molar-refractivity contribution is 9.10. The topological polar surface area (TPSA) is 38.3 Å². The summed E-state index contributed by atoms with van der Waals surface area (Å²) < 4.78 is 6.80. The summed E-state index contributed by atoms with van der Waals surface area (Å²) in [7, 11) is 0. The summed E-state index contributed by atoms with van der Waals surface area (Å²) in [5.41, 5.74) is 6.32. The van der Waals surface area contributed by atoms with Crippen LogP contribution in [0.15, 0.2) is 34.8 Å². The second-order valence-electron chi connectivity index (χ2n) is 7.42. The summed E-state index contributed by atoms with van der Waals surface area (Å²) in [6.45, 7) is 6.18. The van der Waals surface area contributed by atoms with Crippen molar-refractivity contribution in [2.75, 3.05) is 6.61 Å². The molecule has 0 aromatic heterocycles. The summed E-state index contributed by atoms with van der Waals surface area (Å²) in [6.07, 6.45) is 5.74. The van der Waals surface area contributed by atoms with Crippen molar-refractivity contribution in [3.05, 3.63) is 62.6 Å². The van der Waals surface area contributed by atoms with E-state index in [9.17, 15) is 4.79 Å². The summed E-state index contributed by atoms with van der Waals surface area (Å²) in [5, 5.41) is 3.13. The zero-order valence-corrected chi connectivity index (χ0v) is 18.0. The van der Waals surface area contributed by atoms with Gasteiger partial charge < -0.3 is 10.1 Å². The quantitative estimate of drug-likeness (QED) is 0.649. The van der Waals surface area contributed by atoms with Crippen LogP contribution in [0, 0.1) is 13.8 Å². The number of nitrogens with one attached hydrogen (secondary N) is 1. The van der Waals surface area contributed by atoms with Crippen molar-refractivity contribution in [1.29, 1.82) is 0 Å². The Labute approximate surface area is 170 Å². The zero-order chi connectivity index (χ0) is 19.4. The number of fused-ring (bicyclic) bond motifs is 1. The van der Waals surface area contributed by atoms with Crippen molar-refractivity contribution >= 4 is 21.8 Å². The highest BCUT2D eigenvalue weighted by atomic mass is 79.9. The van der Waals surface area contributed by atoms with Crippen LogP contribution in [0.2, 0.25) is 0 Å². The first-order valence-electron chi connectivity index (χ1n) is 9.78. The fraction of sp³-hybridized carbons (Fsp3) is 0.435. The molecule has 27 heavy (non-hydrogen) atoms. The van der Waals surface area contributed by atoms with Crippen molar-refractivity contribution < 1.29 is 9.53 Å². The van der Waals surface area contributed by atoms with Gasteiger partial charge in [-0.1, -0.05) is 41.1 Å². The van der Waals surface area contributed by atoms with Crippen LogP contribution in [0.3, 0.4) is 0 Å². The van der Waals surface area contributed by atoms with Gasteiger partial charge >= 0.3 is 0 Å². The van der Waals surface area contributed by atoms with Gasteiger partial charge in [0.05, 0.1) is 6.04 Å². The first kappa shape index (κ1) is 19.9.